The van der Waals surface area contributed by atoms with Crippen LogP contribution in [0, 0.1) is 11.7 Å². The SMILES string of the molecule is O=C1OC(C2CCCCC2)=NC1=Cc1ccc(F)cc1. The molecular formula is C16H16FNO2. The van der Waals surface area contributed by atoms with Crippen LogP contribution in [0.3, 0.4) is 0 Å². The van der Waals surface area contributed by atoms with E-state index in [0.717, 1.165) is 31.2 Å². The van der Waals surface area contributed by atoms with Crippen LogP contribution in [0.5, 0.6) is 0 Å². The van der Waals surface area contributed by atoms with Gasteiger partial charge in [0.05, 0.1) is 0 Å². The van der Waals surface area contributed by atoms with Crippen LogP contribution in [0.4, 0.5) is 4.39 Å². The first-order chi connectivity index (χ1) is 9.72. The number of hydrogen-bond acceptors (Lipinski definition) is 3. The van der Waals surface area contributed by atoms with Gasteiger partial charge in [-0.15, -0.1) is 0 Å². The molecule has 3 nitrogen and oxygen atoms in total. The molecule has 0 aromatic heterocycles. The molecule has 0 atom stereocenters. The Hall–Kier alpha value is -1.97. The first-order valence-electron chi connectivity index (χ1n) is 7.00. The van der Waals surface area contributed by atoms with Crippen LogP contribution in [-0.4, -0.2) is 11.9 Å². The lowest BCUT2D eigenvalue weighted by Crippen LogP contribution is -2.19. The summed E-state index contributed by atoms with van der Waals surface area (Å²) in [5.74, 6) is 0.123. The van der Waals surface area contributed by atoms with Crippen molar-refractivity contribution in [1.29, 1.82) is 0 Å². The molecule has 0 spiro atoms. The summed E-state index contributed by atoms with van der Waals surface area (Å²) in [6.45, 7) is 0. The van der Waals surface area contributed by atoms with Gasteiger partial charge in [0.25, 0.3) is 0 Å². The van der Waals surface area contributed by atoms with Gasteiger partial charge in [-0.1, -0.05) is 31.4 Å². The number of aliphatic imine (C=N–C) groups is 1. The number of cyclic esters (lactones) is 1. The Labute approximate surface area is 117 Å². The zero-order valence-electron chi connectivity index (χ0n) is 11.1. The summed E-state index contributed by atoms with van der Waals surface area (Å²) < 4.78 is 18.1. The van der Waals surface area contributed by atoms with Gasteiger partial charge in [0.1, 0.15) is 5.82 Å². The Bertz CT molecular complexity index is 569. The molecule has 1 aromatic carbocycles. The van der Waals surface area contributed by atoms with Gasteiger partial charge >= 0.3 is 5.97 Å². The molecule has 4 heteroatoms. The number of hydrogen-bond donors (Lipinski definition) is 0. The van der Waals surface area contributed by atoms with Crippen molar-refractivity contribution in [2.75, 3.05) is 0 Å². The first kappa shape index (κ1) is 13.0. The molecule has 1 heterocycles. The van der Waals surface area contributed by atoms with Gasteiger partial charge in [-0.3, -0.25) is 0 Å². The standard InChI is InChI=1S/C16H16FNO2/c17-13-8-6-11(7-9-13)10-14-16(19)20-15(18-14)12-4-2-1-3-5-12/h6-10,12H,1-5H2. The Morgan fingerprint density at radius 2 is 1.85 bits per heavy atom. The summed E-state index contributed by atoms with van der Waals surface area (Å²) in [5, 5.41) is 0. The van der Waals surface area contributed by atoms with Gasteiger partial charge in [0.15, 0.2) is 5.70 Å². The highest BCUT2D eigenvalue weighted by Crippen LogP contribution is 2.29. The third-order valence-electron chi connectivity index (χ3n) is 3.76. The lowest BCUT2D eigenvalue weighted by atomic mass is 9.89. The summed E-state index contributed by atoms with van der Waals surface area (Å²) in [6, 6.07) is 5.95. The third kappa shape index (κ3) is 2.79. The Balaban J connectivity index is 1.80. The highest BCUT2D eigenvalue weighted by atomic mass is 19.1. The summed E-state index contributed by atoms with van der Waals surface area (Å²) >= 11 is 0. The third-order valence-corrected chi connectivity index (χ3v) is 3.76. The lowest BCUT2D eigenvalue weighted by Gasteiger charge is -2.19. The van der Waals surface area contributed by atoms with Crippen molar-refractivity contribution in [2.24, 2.45) is 10.9 Å². The Morgan fingerprint density at radius 3 is 2.55 bits per heavy atom. The molecule has 0 bridgehead atoms. The maximum Gasteiger partial charge on any atom is 0.363 e. The molecule has 1 aliphatic carbocycles. The van der Waals surface area contributed by atoms with Crippen molar-refractivity contribution in [3.63, 3.8) is 0 Å². The van der Waals surface area contributed by atoms with Crippen molar-refractivity contribution >= 4 is 17.9 Å². The maximum atomic E-state index is 12.8. The molecule has 1 fully saturated rings. The van der Waals surface area contributed by atoms with Crippen molar-refractivity contribution in [3.05, 3.63) is 41.3 Å². The Morgan fingerprint density at radius 1 is 1.15 bits per heavy atom. The van der Waals surface area contributed by atoms with Gasteiger partial charge in [0.2, 0.25) is 5.90 Å². The van der Waals surface area contributed by atoms with E-state index in [-0.39, 0.29) is 11.7 Å². The van der Waals surface area contributed by atoms with Crippen molar-refractivity contribution < 1.29 is 13.9 Å². The van der Waals surface area contributed by atoms with Crippen LogP contribution >= 0.6 is 0 Å². The first-order valence-corrected chi connectivity index (χ1v) is 7.00. The van der Waals surface area contributed by atoms with E-state index in [1.807, 2.05) is 0 Å². The zero-order valence-corrected chi connectivity index (χ0v) is 11.1. The second kappa shape index (κ2) is 5.57. The summed E-state index contributed by atoms with van der Waals surface area (Å²) in [7, 11) is 0. The molecule has 0 unspecified atom stereocenters. The lowest BCUT2D eigenvalue weighted by molar-refractivity contribution is -0.130. The fraction of sp³-hybridized carbons (Fsp3) is 0.375. The molecule has 20 heavy (non-hydrogen) atoms. The van der Waals surface area contributed by atoms with E-state index in [4.69, 9.17) is 4.74 Å². The normalized spacial score (nSPS) is 21.9. The quantitative estimate of drug-likeness (QED) is 0.608. The van der Waals surface area contributed by atoms with Crippen molar-refractivity contribution in [2.45, 2.75) is 32.1 Å². The average Bonchev–Trinajstić information content (AvgIpc) is 2.84. The van der Waals surface area contributed by atoms with Gasteiger partial charge in [-0.25, -0.2) is 14.2 Å². The topological polar surface area (TPSA) is 38.7 Å². The minimum Gasteiger partial charge on any atom is -0.406 e. The number of carbonyl (C=O) groups is 1. The van der Waals surface area contributed by atoms with Gasteiger partial charge < -0.3 is 4.74 Å². The summed E-state index contributed by atoms with van der Waals surface area (Å²) in [4.78, 5) is 16.1. The van der Waals surface area contributed by atoms with Crippen LogP contribution in [0.15, 0.2) is 35.0 Å². The van der Waals surface area contributed by atoms with Crippen molar-refractivity contribution in [1.82, 2.24) is 0 Å². The molecule has 0 radical (unpaired) electrons. The predicted molar refractivity (Wildman–Crippen MR) is 74.5 cm³/mol. The minimum atomic E-state index is -0.408. The highest BCUT2D eigenvalue weighted by Gasteiger charge is 2.29. The zero-order chi connectivity index (χ0) is 13.9. The van der Waals surface area contributed by atoms with Gasteiger partial charge in [0, 0.05) is 5.92 Å². The monoisotopic (exact) mass is 273 g/mol. The number of benzene rings is 1. The summed E-state index contributed by atoms with van der Waals surface area (Å²) in [5.41, 5.74) is 1.05. The van der Waals surface area contributed by atoms with E-state index < -0.39 is 5.97 Å². The van der Waals surface area contributed by atoms with Crippen molar-refractivity contribution in [3.8, 4) is 0 Å². The van der Waals surface area contributed by atoms with Gasteiger partial charge in [-0.2, -0.15) is 0 Å². The molecular weight excluding hydrogens is 257 g/mol. The predicted octanol–water partition coefficient (Wildman–Crippen LogP) is 3.70. The number of ether oxygens (including phenoxy) is 1. The van der Waals surface area contributed by atoms with Crippen LogP contribution in [0.1, 0.15) is 37.7 Å². The highest BCUT2D eigenvalue weighted by molar-refractivity contribution is 6.07. The number of esters is 1. The fourth-order valence-electron chi connectivity index (χ4n) is 2.67. The van der Waals surface area contributed by atoms with E-state index in [1.54, 1.807) is 18.2 Å². The molecule has 1 aromatic rings. The van der Waals surface area contributed by atoms with E-state index in [0.29, 0.717) is 11.6 Å². The van der Waals surface area contributed by atoms with E-state index in [1.165, 1.54) is 18.6 Å². The van der Waals surface area contributed by atoms with E-state index in [9.17, 15) is 9.18 Å². The molecule has 3 rings (SSSR count). The van der Waals surface area contributed by atoms with Crippen LogP contribution in [-0.2, 0) is 9.53 Å². The van der Waals surface area contributed by atoms with E-state index >= 15 is 0 Å². The molecule has 0 saturated heterocycles. The average molecular weight is 273 g/mol. The molecule has 104 valence electrons. The van der Waals surface area contributed by atoms with Crippen LogP contribution in [0.25, 0.3) is 6.08 Å². The number of nitrogens with zero attached hydrogens (tertiary/aromatic N) is 1. The molecule has 1 saturated carbocycles. The largest absolute Gasteiger partial charge is 0.406 e. The second-order valence-corrected chi connectivity index (χ2v) is 5.26. The van der Waals surface area contributed by atoms with Crippen LogP contribution in [0.2, 0.25) is 0 Å². The molecule has 2 aliphatic rings. The molecule has 1 aliphatic heterocycles. The van der Waals surface area contributed by atoms with Crippen LogP contribution < -0.4 is 0 Å². The van der Waals surface area contributed by atoms with Gasteiger partial charge in [-0.05, 0) is 36.6 Å². The smallest absolute Gasteiger partial charge is 0.363 e. The maximum absolute atomic E-state index is 12.8. The van der Waals surface area contributed by atoms with E-state index in [2.05, 4.69) is 4.99 Å². The number of carbonyl (C=O) groups excluding carboxylic acids is 1. The second-order valence-electron chi connectivity index (χ2n) is 5.26. The fourth-order valence-corrected chi connectivity index (χ4v) is 2.67. The number of rotatable bonds is 2. The Kier molecular flexibility index (Phi) is 3.63. The molecule has 0 N–H and O–H groups in total. The number of halogens is 1. The summed E-state index contributed by atoms with van der Waals surface area (Å²) in [6.07, 6.45) is 7.29. The molecule has 0 amide bonds. The minimum absolute atomic E-state index is 0.270.